The van der Waals surface area contributed by atoms with Crippen molar-refractivity contribution in [3.8, 4) is 56.2 Å². The fourth-order valence-electron chi connectivity index (χ4n) is 6.10. The van der Waals surface area contributed by atoms with Gasteiger partial charge < -0.3 is 0 Å². The Hall–Kier alpha value is -5.30. The maximum Gasteiger partial charge on any atom is 0.194 e. The highest BCUT2D eigenvalue weighted by atomic mass is 32.1. The fraction of sp³-hybridized carbons (Fsp3) is 0. The molecule has 0 saturated heterocycles. The molecule has 9 aromatic rings. The summed E-state index contributed by atoms with van der Waals surface area (Å²) in [6.45, 7) is 0. The van der Waals surface area contributed by atoms with E-state index in [0.717, 1.165) is 55.0 Å². The third-order valence-corrected chi connectivity index (χ3v) is 9.76. The van der Waals surface area contributed by atoms with Crippen molar-refractivity contribution in [2.24, 2.45) is 0 Å². The third-order valence-electron chi connectivity index (χ3n) is 8.24. The molecule has 0 radical (unpaired) electrons. The van der Waals surface area contributed by atoms with E-state index in [0.29, 0.717) is 0 Å². The topological polar surface area (TPSA) is 34.6 Å². The van der Waals surface area contributed by atoms with Gasteiger partial charge in [-0.25, -0.2) is 9.97 Å². The van der Waals surface area contributed by atoms with Gasteiger partial charge in [-0.15, -0.1) is 22.7 Å². The van der Waals surface area contributed by atoms with Crippen LogP contribution >= 0.6 is 22.7 Å². The summed E-state index contributed by atoms with van der Waals surface area (Å²) < 4.78 is 4.40. The first-order valence-electron chi connectivity index (χ1n) is 14.5. The standard InChI is InChI=1S/C38H24N4S2/c1-2-7-28(8-3-1)33-35(41-20-22-43-37(41)39-33)29-15-10-26(11-16-29)27-12-17-30(18-13-27)36-34(40-38-42(36)21-23-44-38)32-19-14-25-6-4-5-9-31(25)24-32/h1-24H. The highest BCUT2D eigenvalue weighted by molar-refractivity contribution is 7.15. The van der Waals surface area contributed by atoms with Gasteiger partial charge in [0.25, 0.3) is 0 Å². The van der Waals surface area contributed by atoms with Gasteiger partial charge in [-0.05, 0) is 28.0 Å². The maximum atomic E-state index is 5.06. The third kappa shape index (κ3) is 4.11. The lowest BCUT2D eigenvalue weighted by molar-refractivity contribution is 1.23. The number of nitrogens with zero attached hydrogens (tertiary/aromatic N) is 4. The average Bonchev–Trinajstić information content (AvgIpc) is 3.87. The first-order chi connectivity index (χ1) is 21.8. The molecule has 0 unspecified atom stereocenters. The Kier molecular flexibility index (Phi) is 5.82. The summed E-state index contributed by atoms with van der Waals surface area (Å²) in [4.78, 5) is 12.0. The van der Waals surface area contributed by atoms with E-state index in [4.69, 9.17) is 9.97 Å². The molecule has 44 heavy (non-hydrogen) atoms. The predicted octanol–water partition coefficient (Wildman–Crippen LogP) is 10.6. The Morgan fingerprint density at radius 3 is 1.48 bits per heavy atom. The minimum atomic E-state index is 0.997. The van der Waals surface area contributed by atoms with Crippen molar-refractivity contribution in [2.75, 3.05) is 0 Å². The molecule has 4 nitrogen and oxygen atoms in total. The molecular weight excluding hydrogens is 577 g/mol. The lowest BCUT2D eigenvalue weighted by Crippen LogP contribution is -1.89. The van der Waals surface area contributed by atoms with Crippen LogP contribution in [0.25, 0.3) is 76.9 Å². The van der Waals surface area contributed by atoms with E-state index in [2.05, 4.69) is 147 Å². The van der Waals surface area contributed by atoms with Crippen LogP contribution in [0, 0.1) is 0 Å². The van der Waals surface area contributed by atoms with Gasteiger partial charge in [-0.3, -0.25) is 8.80 Å². The zero-order chi connectivity index (χ0) is 29.0. The Morgan fingerprint density at radius 2 is 0.886 bits per heavy atom. The molecule has 0 aliphatic carbocycles. The Morgan fingerprint density at radius 1 is 0.409 bits per heavy atom. The quantitative estimate of drug-likeness (QED) is 0.197. The molecule has 0 saturated carbocycles. The summed E-state index contributed by atoms with van der Waals surface area (Å²) in [5.74, 6) is 0. The van der Waals surface area contributed by atoms with Crippen molar-refractivity contribution in [2.45, 2.75) is 0 Å². The predicted molar refractivity (Wildman–Crippen MR) is 184 cm³/mol. The second-order valence-corrected chi connectivity index (χ2v) is 12.6. The molecule has 0 fully saturated rings. The van der Waals surface area contributed by atoms with Gasteiger partial charge in [0.15, 0.2) is 9.92 Å². The number of hydrogen-bond donors (Lipinski definition) is 0. The van der Waals surface area contributed by atoms with E-state index in [1.807, 2.05) is 6.07 Å². The number of rotatable bonds is 5. The van der Waals surface area contributed by atoms with Crippen LogP contribution in [0.2, 0.25) is 0 Å². The molecule has 6 heteroatoms. The average molecular weight is 601 g/mol. The maximum absolute atomic E-state index is 5.06. The monoisotopic (exact) mass is 600 g/mol. The first kappa shape index (κ1) is 25.2. The number of fused-ring (bicyclic) bond motifs is 3. The first-order valence-corrected chi connectivity index (χ1v) is 16.2. The molecule has 5 aromatic carbocycles. The van der Waals surface area contributed by atoms with Crippen molar-refractivity contribution in [1.82, 2.24) is 18.8 Å². The van der Waals surface area contributed by atoms with Gasteiger partial charge in [0.05, 0.1) is 22.8 Å². The molecule has 4 aromatic heterocycles. The highest BCUT2D eigenvalue weighted by Crippen LogP contribution is 2.38. The molecule has 0 bridgehead atoms. The SMILES string of the molecule is c1ccc(-c2nc3sccn3c2-c2ccc(-c3ccc(-c4c(-c5ccc6ccccc6c5)nc5sccn45)cc3)cc2)cc1. The highest BCUT2D eigenvalue weighted by Gasteiger charge is 2.19. The summed E-state index contributed by atoms with van der Waals surface area (Å²) in [5, 5.41) is 6.64. The molecular formula is C38H24N4S2. The molecule has 0 amide bonds. The zero-order valence-corrected chi connectivity index (χ0v) is 25.1. The van der Waals surface area contributed by atoms with Crippen molar-refractivity contribution >= 4 is 43.4 Å². The van der Waals surface area contributed by atoms with Crippen molar-refractivity contribution in [1.29, 1.82) is 0 Å². The van der Waals surface area contributed by atoms with Gasteiger partial charge >= 0.3 is 0 Å². The molecule has 4 heterocycles. The number of imidazole rings is 2. The van der Waals surface area contributed by atoms with Crippen LogP contribution in [-0.4, -0.2) is 18.8 Å². The van der Waals surface area contributed by atoms with E-state index in [1.165, 1.54) is 21.9 Å². The van der Waals surface area contributed by atoms with Gasteiger partial charge in [0, 0.05) is 45.4 Å². The van der Waals surface area contributed by atoms with Crippen LogP contribution in [0.1, 0.15) is 0 Å². The molecule has 208 valence electrons. The summed E-state index contributed by atoms with van der Waals surface area (Å²) >= 11 is 3.32. The summed E-state index contributed by atoms with van der Waals surface area (Å²) in [7, 11) is 0. The lowest BCUT2D eigenvalue weighted by atomic mass is 9.98. The lowest BCUT2D eigenvalue weighted by Gasteiger charge is -2.09. The van der Waals surface area contributed by atoms with Crippen LogP contribution in [0.3, 0.4) is 0 Å². The fourth-order valence-corrected chi connectivity index (χ4v) is 7.53. The van der Waals surface area contributed by atoms with Gasteiger partial charge in [0.1, 0.15) is 0 Å². The molecule has 9 rings (SSSR count). The van der Waals surface area contributed by atoms with Crippen molar-refractivity contribution in [3.63, 3.8) is 0 Å². The van der Waals surface area contributed by atoms with Crippen molar-refractivity contribution in [3.05, 3.63) is 144 Å². The van der Waals surface area contributed by atoms with Crippen LogP contribution in [0.15, 0.2) is 144 Å². The zero-order valence-electron chi connectivity index (χ0n) is 23.5. The Labute approximate surface area is 261 Å². The summed E-state index contributed by atoms with van der Waals surface area (Å²) in [6, 6.07) is 43.2. The van der Waals surface area contributed by atoms with E-state index in [-0.39, 0.29) is 0 Å². The van der Waals surface area contributed by atoms with Crippen LogP contribution < -0.4 is 0 Å². The Balaban J connectivity index is 1.08. The van der Waals surface area contributed by atoms with Gasteiger partial charge in [0.2, 0.25) is 0 Å². The minimum Gasteiger partial charge on any atom is -0.290 e. The normalized spacial score (nSPS) is 11.6. The van der Waals surface area contributed by atoms with E-state index in [1.54, 1.807) is 22.7 Å². The summed E-state index contributed by atoms with van der Waals surface area (Å²) in [5.41, 5.74) is 11.2. The Bertz CT molecular complexity index is 2430. The second-order valence-electron chi connectivity index (χ2n) is 10.8. The van der Waals surface area contributed by atoms with Gasteiger partial charge in [-0.2, -0.15) is 0 Å². The van der Waals surface area contributed by atoms with Crippen LogP contribution in [0.4, 0.5) is 0 Å². The summed E-state index contributed by atoms with van der Waals surface area (Å²) in [6.07, 6.45) is 4.22. The van der Waals surface area contributed by atoms with Gasteiger partial charge in [-0.1, -0.05) is 115 Å². The number of benzene rings is 5. The minimum absolute atomic E-state index is 0.997. The van der Waals surface area contributed by atoms with Crippen LogP contribution in [0.5, 0.6) is 0 Å². The number of hydrogen-bond acceptors (Lipinski definition) is 4. The molecule has 0 N–H and O–H groups in total. The van der Waals surface area contributed by atoms with Crippen molar-refractivity contribution < 1.29 is 0 Å². The second kappa shape index (κ2) is 10.2. The number of aromatic nitrogens is 4. The van der Waals surface area contributed by atoms with Crippen LogP contribution in [-0.2, 0) is 0 Å². The smallest absolute Gasteiger partial charge is 0.194 e. The van der Waals surface area contributed by atoms with E-state index in [9.17, 15) is 0 Å². The van der Waals surface area contributed by atoms with E-state index >= 15 is 0 Å². The largest absolute Gasteiger partial charge is 0.290 e. The number of thiazole rings is 2. The van der Waals surface area contributed by atoms with E-state index < -0.39 is 0 Å². The molecule has 0 aliphatic rings. The molecule has 0 aliphatic heterocycles. The molecule has 0 spiro atoms. The molecule has 0 atom stereocenters.